The normalized spacial score (nSPS) is 11.5. The van der Waals surface area contributed by atoms with Crippen molar-refractivity contribution in [2.24, 2.45) is 0 Å². The van der Waals surface area contributed by atoms with Gasteiger partial charge in [-0.2, -0.15) is 0 Å². The number of halogens is 2. The van der Waals surface area contributed by atoms with Crippen LogP contribution in [-0.4, -0.2) is 32.5 Å². The van der Waals surface area contributed by atoms with Gasteiger partial charge < -0.3 is 14.9 Å². The van der Waals surface area contributed by atoms with Crippen LogP contribution in [0.15, 0.2) is 69.1 Å². The van der Waals surface area contributed by atoms with Crippen molar-refractivity contribution in [3.8, 4) is 11.1 Å². The third kappa shape index (κ3) is 4.61. The van der Waals surface area contributed by atoms with Crippen molar-refractivity contribution >= 4 is 55.6 Å². The van der Waals surface area contributed by atoms with E-state index in [1.54, 1.807) is 12.1 Å². The molecule has 0 amide bonds. The average Bonchev–Trinajstić information content (AvgIpc) is 2.74. The van der Waals surface area contributed by atoms with Crippen molar-refractivity contribution in [2.75, 3.05) is 23.7 Å². The number of aromatic nitrogens is 2. The van der Waals surface area contributed by atoms with Crippen LogP contribution in [0.5, 0.6) is 0 Å². The molecule has 3 aromatic carbocycles. The van der Waals surface area contributed by atoms with Gasteiger partial charge in [0.1, 0.15) is 4.90 Å². The van der Waals surface area contributed by atoms with Gasteiger partial charge in [-0.3, -0.25) is 14.3 Å². The molecular formula is C22H18Cl2N4O4S. The number of nitrogens with one attached hydrogen (secondary N) is 3. The van der Waals surface area contributed by atoms with Crippen LogP contribution in [0.4, 0.5) is 11.4 Å². The van der Waals surface area contributed by atoms with E-state index < -0.39 is 21.1 Å². The highest BCUT2D eigenvalue weighted by atomic mass is 35.5. The number of H-pyrrole nitrogens is 2. The van der Waals surface area contributed by atoms with Crippen LogP contribution in [0, 0.1) is 0 Å². The Balaban J connectivity index is 1.69. The van der Waals surface area contributed by atoms with E-state index >= 15 is 0 Å². The molecule has 4 aromatic rings. The molecule has 33 heavy (non-hydrogen) atoms. The van der Waals surface area contributed by atoms with E-state index in [1.165, 1.54) is 18.2 Å². The molecule has 8 nitrogen and oxygen atoms in total. The molecule has 1 heterocycles. The van der Waals surface area contributed by atoms with E-state index in [4.69, 9.17) is 23.2 Å². The molecule has 11 heteroatoms. The highest BCUT2D eigenvalue weighted by Crippen LogP contribution is 2.33. The number of aromatic amines is 2. The summed E-state index contributed by atoms with van der Waals surface area (Å²) in [5.41, 5.74) is 1.43. The van der Waals surface area contributed by atoms with Gasteiger partial charge in [0.05, 0.1) is 26.8 Å². The first-order valence-electron chi connectivity index (χ1n) is 9.61. The fraction of sp³-hybridized carbons (Fsp3) is 0.0909. The maximum absolute atomic E-state index is 13.0. The molecule has 0 spiro atoms. The summed E-state index contributed by atoms with van der Waals surface area (Å²) in [7, 11) is -0.263. The highest BCUT2D eigenvalue weighted by Gasteiger charge is 2.20. The van der Waals surface area contributed by atoms with Crippen LogP contribution in [0.25, 0.3) is 22.2 Å². The molecule has 0 aliphatic rings. The monoisotopic (exact) mass is 504 g/mol. The van der Waals surface area contributed by atoms with Gasteiger partial charge in [0.15, 0.2) is 0 Å². The molecule has 3 N–H and O–H groups in total. The van der Waals surface area contributed by atoms with Gasteiger partial charge >= 0.3 is 11.1 Å². The highest BCUT2D eigenvalue weighted by molar-refractivity contribution is 7.92. The van der Waals surface area contributed by atoms with Crippen LogP contribution in [0.1, 0.15) is 0 Å². The number of rotatable bonds is 5. The lowest BCUT2D eigenvalue weighted by Crippen LogP contribution is -2.29. The van der Waals surface area contributed by atoms with E-state index in [1.807, 2.05) is 43.3 Å². The van der Waals surface area contributed by atoms with Crippen molar-refractivity contribution in [3.05, 3.63) is 85.4 Å². The van der Waals surface area contributed by atoms with Crippen LogP contribution < -0.4 is 20.7 Å². The molecule has 170 valence electrons. The Bertz CT molecular complexity index is 1610. The number of nitrogens with zero attached hydrogens (tertiary/aromatic N) is 1. The van der Waals surface area contributed by atoms with E-state index in [0.717, 1.165) is 16.8 Å². The van der Waals surface area contributed by atoms with Crippen molar-refractivity contribution in [1.82, 2.24) is 9.97 Å². The molecule has 0 aliphatic heterocycles. The van der Waals surface area contributed by atoms with Crippen LogP contribution >= 0.6 is 23.2 Å². The topological polar surface area (TPSA) is 115 Å². The minimum absolute atomic E-state index is 0.124. The first-order valence-corrected chi connectivity index (χ1v) is 11.8. The Morgan fingerprint density at radius 1 is 0.848 bits per heavy atom. The van der Waals surface area contributed by atoms with Crippen molar-refractivity contribution < 1.29 is 8.42 Å². The van der Waals surface area contributed by atoms with Gasteiger partial charge in [0, 0.05) is 25.3 Å². The summed E-state index contributed by atoms with van der Waals surface area (Å²) in [6, 6.07) is 15.0. The molecule has 0 saturated carbocycles. The third-order valence-corrected chi connectivity index (χ3v) is 7.12. The van der Waals surface area contributed by atoms with Gasteiger partial charge in [-0.15, -0.1) is 0 Å². The molecule has 0 fully saturated rings. The molecule has 0 saturated heterocycles. The Morgan fingerprint density at radius 3 is 2.15 bits per heavy atom. The molecule has 0 radical (unpaired) electrons. The first kappa shape index (κ1) is 22.9. The van der Waals surface area contributed by atoms with Crippen molar-refractivity contribution in [1.29, 1.82) is 0 Å². The Hall–Kier alpha value is -3.27. The molecule has 1 aromatic heterocycles. The largest absolute Gasteiger partial charge is 0.378 e. The summed E-state index contributed by atoms with van der Waals surface area (Å²) < 4.78 is 28.4. The summed E-state index contributed by atoms with van der Waals surface area (Å²) in [6.45, 7) is 0. The van der Waals surface area contributed by atoms with Crippen LogP contribution in [-0.2, 0) is 10.0 Å². The second-order valence-corrected chi connectivity index (χ2v) is 9.95. The molecular weight excluding hydrogens is 487 g/mol. The lowest BCUT2D eigenvalue weighted by molar-refractivity contribution is 0.601. The van der Waals surface area contributed by atoms with Crippen LogP contribution in [0.3, 0.4) is 0 Å². The maximum Gasteiger partial charge on any atom is 0.314 e. The average molecular weight is 505 g/mol. The predicted molar refractivity (Wildman–Crippen MR) is 132 cm³/mol. The molecule has 0 aliphatic carbocycles. The number of benzene rings is 3. The summed E-state index contributed by atoms with van der Waals surface area (Å²) >= 11 is 12.6. The Morgan fingerprint density at radius 2 is 1.52 bits per heavy atom. The van der Waals surface area contributed by atoms with Gasteiger partial charge in [-0.25, -0.2) is 8.42 Å². The fourth-order valence-electron chi connectivity index (χ4n) is 3.30. The first-order chi connectivity index (χ1) is 15.5. The second-order valence-electron chi connectivity index (χ2n) is 7.48. The number of hydrogen-bond acceptors (Lipinski definition) is 5. The number of anilines is 2. The standard InChI is InChI=1S/C22H18Cl2N4O4S/c1-28(2)14-5-3-4-12(8-14)15-7-6-13(9-16(15)23)27-33(31,32)20-11-19-18(10-17(20)24)25-21(29)22(30)26-19/h3-11,27H,1-2H3,(H,25,29)(H,26,30). The summed E-state index contributed by atoms with van der Waals surface area (Å²) in [5, 5.41) is 0.235. The lowest BCUT2D eigenvalue weighted by Gasteiger charge is -2.15. The van der Waals surface area contributed by atoms with Crippen molar-refractivity contribution in [2.45, 2.75) is 4.90 Å². The summed E-state index contributed by atoms with van der Waals surface area (Å²) in [4.78, 5) is 29.5. The maximum atomic E-state index is 13.0. The lowest BCUT2D eigenvalue weighted by atomic mass is 10.0. The van der Waals surface area contributed by atoms with Gasteiger partial charge in [0.25, 0.3) is 10.0 Å². The quantitative estimate of drug-likeness (QED) is 0.354. The van der Waals surface area contributed by atoms with E-state index in [2.05, 4.69) is 14.7 Å². The number of fused-ring (bicyclic) bond motifs is 1. The van der Waals surface area contributed by atoms with Crippen LogP contribution in [0.2, 0.25) is 10.0 Å². The molecule has 0 unspecified atom stereocenters. The Labute approximate surface area is 198 Å². The van der Waals surface area contributed by atoms with E-state index in [-0.39, 0.29) is 26.6 Å². The van der Waals surface area contributed by atoms with E-state index in [9.17, 15) is 18.0 Å². The SMILES string of the molecule is CN(C)c1cccc(-c2ccc(NS(=O)(=O)c3cc4[nH]c(=O)c(=O)[nH]c4cc3Cl)cc2Cl)c1. The van der Waals surface area contributed by atoms with Gasteiger partial charge in [0.2, 0.25) is 0 Å². The van der Waals surface area contributed by atoms with E-state index in [0.29, 0.717) is 5.02 Å². The number of sulfonamides is 1. The zero-order chi connectivity index (χ0) is 23.9. The summed E-state index contributed by atoms with van der Waals surface area (Å²) in [6.07, 6.45) is 0. The number of hydrogen-bond donors (Lipinski definition) is 3. The second kappa shape index (κ2) is 8.58. The smallest absolute Gasteiger partial charge is 0.314 e. The fourth-order valence-corrected chi connectivity index (χ4v) is 5.19. The minimum Gasteiger partial charge on any atom is -0.378 e. The zero-order valence-electron chi connectivity index (χ0n) is 17.4. The zero-order valence-corrected chi connectivity index (χ0v) is 19.8. The van der Waals surface area contributed by atoms with Gasteiger partial charge in [-0.05, 0) is 42.0 Å². The van der Waals surface area contributed by atoms with Crippen molar-refractivity contribution in [3.63, 3.8) is 0 Å². The predicted octanol–water partition coefficient (Wildman–Crippen LogP) is 4.06. The summed E-state index contributed by atoms with van der Waals surface area (Å²) in [5.74, 6) is 0. The Kier molecular flexibility index (Phi) is 5.96. The third-order valence-electron chi connectivity index (χ3n) is 4.96. The molecule has 0 bridgehead atoms. The molecule has 0 atom stereocenters. The minimum atomic E-state index is -4.13. The molecule has 4 rings (SSSR count). The van der Waals surface area contributed by atoms with Gasteiger partial charge in [-0.1, -0.05) is 41.4 Å².